The van der Waals surface area contributed by atoms with Crippen LogP contribution in [0.4, 0.5) is 0 Å². The third kappa shape index (κ3) is 7.94. The summed E-state index contributed by atoms with van der Waals surface area (Å²) in [6, 6.07) is 9.19. The van der Waals surface area contributed by atoms with Gasteiger partial charge in [0, 0.05) is 37.2 Å². The van der Waals surface area contributed by atoms with E-state index in [4.69, 9.17) is 5.73 Å². The minimum atomic E-state index is -0.567. The number of nitrogens with one attached hydrogen (secondary N) is 2. The highest BCUT2D eigenvalue weighted by atomic mass is 16.2. The molecule has 1 aliphatic heterocycles. The third-order valence-electron chi connectivity index (χ3n) is 8.45. The van der Waals surface area contributed by atoms with E-state index in [9.17, 15) is 14.4 Å². The molecule has 224 valence electrons. The molecule has 4 atom stereocenters. The largest absolute Gasteiger partial charge is 0.368 e. The number of nitrogens with zero attached hydrogens (tertiary/aromatic N) is 2. The molecule has 1 aromatic carbocycles. The number of primary amides is 1. The van der Waals surface area contributed by atoms with Crippen LogP contribution >= 0.6 is 0 Å². The lowest BCUT2D eigenvalue weighted by molar-refractivity contribution is -0.137. The first-order valence-electron chi connectivity index (χ1n) is 14.6. The van der Waals surface area contributed by atoms with Crippen LogP contribution in [0.1, 0.15) is 73.8 Å². The summed E-state index contributed by atoms with van der Waals surface area (Å²) in [6.07, 6.45) is 3.22. The molecule has 0 aromatic heterocycles. The van der Waals surface area contributed by atoms with Crippen LogP contribution in [0.3, 0.4) is 0 Å². The van der Waals surface area contributed by atoms with Crippen molar-refractivity contribution in [3.05, 3.63) is 47.5 Å². The van der Waals surface area contributed by atoms with E-state index in [-0.39, 0.29) is 40.6 Å². The molecule has 8 heteroatoms. The van der Waals surface area contributed by atoms with Crippen molar-refractivity contribution >= 4 is 17.7 Å². The summed E-state index contributed by atoms with van der Waals surface area (Å²) in [5, 5.41) is 7.06. The van der Waals surface area contributed by atoms with E-state index in [1.165, 1.54) is 5.56 Å². The Morgan fingerprint density at radius 2 is 1.73 bits per heavy atom. The average Bonchev–Trinajstić information content (AvgIpc) is 3.38. The molecule has 0 spiro atoms. The molecule has 4 N–H and O–H groups in total. The van der Waals surface area contributed by atoms with Crippen LogP contribution in [0, 0.1) is 11.3 Å². The summed E-state index contributed by atoms with van der Waals surface area (Å²) in [7, 11) is 3.77. The lowest BCUT2D eigenvalue weighted by Gasteiger charge is -2.40. The Hall–Kier alpha value is -2.71. The third-order valence-corrected chi connectivity index (χ3v) is 8.45. The fourth-order valence-corrected chi connectivity index (χ4v) is 5.75. The number of hydrogen-bond acceptors (Lipinski definition) is 5. The van der Waals surface area contributed by atoms with E-state index in [2.05, 4.69) is 69.5 Å². The lowest BCUT2D eigenvalue weighted by atomic mass is 9.77. The van der Waals surface area contributed by atoms with Crippen molar-refractivity contribution in [2.45, 2.75) is 97.8 Å². The molecule has 0 saturated carbocycles. The maximum Gasteiger partial charge on any atom is 0.249 e. The SMILES string of the molecule is CN[C@H](CN[C@H](C(=O)N(C)[C@H](C=C(C)C(=O)N1CCC[C@H]1C(N)=O)C(C)C)C(C)(C)C)C(C)(C)c1ccccc1. The van der Waals surface area contributed by atoms with E-state index in [1.54, 1.807) is 16.7 Å². The zero-order valence-electron chi connectivity index (χ0n) is 26.4. The Morgan fingerprint density at radius 3 is 2.23 bits per heavy atom. The Kier molecular flexibility index (Phi) is 11.5. The normalized spacial score (nSPS) is 18.9. The predicted molar refractivity (Wildman–Crippen MR) is 163 cm³/mol. The minimum absolute atomic E-state index is 0.0220. The molecule has 0 aliphatic carbocycles. The molecule has 8 nitrogen and oxygen atoms in total. The van der Waals surface area contributed by atoms with E-state index >= 15 is 0 Å². The average molecular weight is 556 g/mol. The minimum Gasteiger partial charge on any atom is -0.368 e. The van der Waals surface area contributed by atoms with E-state index < -0.39 is 18.0 Å². The van der Waals surface area contributed by atoms with Gasteiger partial charge in [0.15, 0.2) is 0 Å². The van der Waals surface area contributed by atoms with Crippen LogP contribution in [0.25, 0.3) is 0 Å². The van der Waals surface area contributed by atoms with Crippen molar-refractivity contribution in [1.29, 1.82) is 0 Å². The summed E-state index contributed by atoms with van der Waals surface area (Å²) in [5.41, 5.74) is 6.78. The number of carbonyl (C=O) groups is 3. The number of rotatable bonds is 12. The second kappa shape index (κ2) is 13.8. The Bertz CT molecular complexity index is 1040. The van der Waals surface area contributed by atoms with Gasteiger partial charge in [-0.15, -0.1) is 0 Å². The van der Waals surface area contributed by atoms with Crippen LogP contribution in [0.15, 0.2) is 42.0 Å². The van der Waals surface area contributed by atoms with Gasteiger partial charge >= 0.3 is 0 Å². The Balaban J connectivity index is 2.27. The highest BCUT2D eigenvalue weighted by Crippen LogP contribution is 2.29. The number of benzene rings is 1. The molecule has 1 saturated heterocycles. The molecular formula is C32H53N5O3. The number of likely N-dealkylation sites (N-methyl/N-ethyl adjacent to an activating group) is 2. The van der Waals surface area contributed by atoms with Crippen LogP contribution in [0.2, 0.25) is 0 Å². The zero-order chi connectivity index (χ0) is 30.4. The van der Waals surface area contributed by atoms with Gasteiger partial charge in [0.1, 0.15) is 6.04 Å². The maximum absolute atomic E-state index is 14.1. The van der Waals surface area contributed by atoms with Gasteiger partial charge in [0.2, 0.25) is 17.7 Å². The van der Waals surface area contributed by atoms with Gasteiger partial charge in [-0.1, -0.05) is 84.9 Å². The zero-order valence-corrected chi connectivity index (χ0v) is 26.4. The maximum atomic E-state index is 14.1. The molecule has 1 aromatic rings. The van der Waals surface area contributed by atoms with Gasteiger partial charge in [-0.2, -0.15) is 0 Å². The molecule has 1 heterocycles. The van der Waals surface area contributed by atoms with Gasteiger partial charge in [0.25, 0.3) is 0 Å². The van der Waals surface area contributed by atoms with Crippen molar-refractivity contribution < 1.29 is 14.4 Å². The predicted octanol–water partition coefficient (Wildman–Crippen LogP) is 3.46. The number of likely N-dealkylation sites (tertiary alicyclic amines) is 1. The van der Waals surface area contributed by atoms with E-state index in [0.29, 0.717) is 25.1 Å². The molecule has 1 aliphatic rings. The van der Waals surface area contributed by atoms with Gasteiger partial charge < -0.3 is 26.2 Å². The number of carbonyl (C=O) groups excluding carboxylic acids is 3. The highest BCUT2D eigenvalue weighted by molar-refractivity contribution is 5.96. The highest BCUT2D eigenvalue weighted by Gasteiger charge is 2.38. The number of amides is 3. The fourth-order valence-electron chi connectivity index (χ4n) is 5.75. The monoisotopic (exact) mass is 555 g/mol. The molecule has 1 fully saturated rings. The molecule has 2 rings (SSSR count). The standard InChI is InChI=1S/C32H53N5O3/c1-21(2)25(19-22(3)29(39)37-18-14-17-24(37)28(33)38)36(10)30(40)27(31(4,5)6)35-20-26(34-9)32(7,8)23-15-12-11-13-16-23/h11-13,15-16,19,21,24-27,34-35H,14,17-18,20H2,1-10H3,(H2,33,38)/t24-,25+,26+,27+/m0/s1. The van der Waals surface area contributed by atoms with Gasteiger partial charge in [-0.05, 0) is 43.7 Å². The van der Waals surface area contributed by atoms with E-state index in [1.807, 2.05) is 40.1 Å². The van der Waals surface area contributed by atoms with Gasteiger partial charge in [-0.3, -0.25) is 14.4 Å². The fraction of sp³-hybridized carbons (Fsp3) is 0.656. The van der Waals surface area contributed by atoms with Crippen molar-refractivity contribution in [3.63, 3.8) is 0 Å². The van der Waals surface area contributed by atoms with Crippen LogP contribution in [-0.2, 0) is 19.8 Å². The Morgan fingerprint density at radius 1 is 1.12 bits per heavy atom. The second-order valence-electron chi connectivity index (χ2n) is 13.2. The topological polar surface area (TPSA) is 108 Å². The number of nitrogens with two attached hydrogens (primary N) is 1. The Labute approximate surface area is 242 Å². The van der Waals surface area contributed by atoms with Gasteiger partial charge in [0.05, 0.1) is 12.1 Å². The lowest BCUT2D eigenvalue weighted by Crippen LogP contribution is -2.59. The first-order valence-corrected chi connectivity index (χ1v) is 14.6. The molecule has 3 amide bonds. The van der Waals surface area contributed by atoms with Crippen molar-refractivity contribution in [3.8, 4) is 0 Å². The molecular weight excluding hydrogens is 502 g/mol. The summed E-state index contributed by atoms with van der Waals surface area (Å²) >= 11 is 0. The first-order chi connectivity index (χ1) is 18.5. The summed E-state index contributed by atoms with van der Waals surface area (Å²) in [4.78, 5) is 42.5. The second-order valence-corrected chi connectivity index (χ2v) is 13.2. The molecule has 0 radical (unpaired) electrons. The molecule has 0 bridgehead atoms. The quantitative estimate of drug-likeness (QED) is 0.343. The molecule has 40 heavy (non-hydrogen) atoms. The van der Waals surface area contributed by atoms with Crippen LogP contribution in [0.5, 0.6) is 0 Å². The summed E-state index contributed by atoms with van der Waals surface area (Å²) in [6.45, 7) is 17.6. The molecule has 0 unspecified atom stereocenters. The first kappa shape index (κ1) is 33.5. The number of hydrogen-bond donors (Lipinski definition) is 3. The van der Waals surface area contributed by atoms with Crippen molar-refractivity contribution in [1.82, 2.24) is 20.4 Å². The van der Waals surface area contributed by atoms with Crippen molar-refractivity contribution in [2.75, 3.05) is 27.2 Å². The smallest absolute Gasteiger partial charge is 0.249 e. The summed E-state index contributed by atoms with van der Waals surface area (Å²) < 4.78 is 0. The van der Waals surface area contributed by atoms with E-state index in [0.717, 1.165) is 6.42 Å². The van der Waals surface area contributed by atoms with Crippen LogP contribution < -0.4 is 16.4 Å². The van der Waals surface area contributed by atoms with Crippen molar-refractivity contribution in [2.24, 2.45) is 17.1 Å². The summed E-state index contributed by atoms with van der Waals surface area (Å²) in [5.74, 6) is -0.616. The van der Waals surface area contributed by atoms with Gasteiger partial charge in [-0.25, -0.2) is 0 Å². The van der Waals surface area contributed by atoms with Crippen LogP contribution in [-0.4, -0.2) is 78.9 Å².